The van der Waals surface area contributed by atoms with Crippen molar-refractivity contribution in [3.63, 3.8) is 0 Å². The minimum absolute atomic E-state index is 0.0410. The van der Waals surface area contributed by atoms with Crippen molar-refractivity contribution in [3.8, 4) is 0 Å². The standard InChI is InChI=1S/C18H27N3O2/c1-20(2)17(22)12-23-14-18-8-5-6-15(18)10-21(13-18)11-16-7-3-4-9-19-16/h3-4,7,9,15H,5-6,8,10-14H2,1-2H3/t15-,18+/m0/s1. The van der Waals surface area contributed by atoms with Gasteiger partial charge in [0.1, 0.15) is 6.61 Å². The summed E-state index contributed by atoms with van der Waals surface area (Å²) in [5, 5.41) is 0. The number of likely N-dealkylation sites (N-methyl/N-ethyl adjacent to an activating group) is 1. The summed E-state index contributed by atoms with van der Waals surface area (Å²) in [7, 11) is 3.54. The molecule has 1 amide bonds. The number of fused-ring (bicyclic) bond motifs is 1. The summed E-state index contributed by atoms with van der Waals surface area (Å²) in [6, 6.07) is 6.09. The Morgan fingerprint density at radius 3 is 3.09 bits per heavy atom. The van der Waals surface area contributed by atoms with Crippen LogP contribution in [0.5, 0.6) is 0 Å². The molecule has 1 aromatic heterocycles. The maximum Gasteiger partial charge on any atom is 0.248 e. The van der Waals surface area contributed by atoms with E-state index in [9.17, 15) is 4.79 Å². The molecule has 0 bridgehead atoms. The Morgan fingerprint density at radius 2 is 2.35 bits per heavy atom. The molecule has 1 aliphatic heterocycles. The third-order valence-electron chi connectivity index (χ3n) is 5.34. The van der Waals surface area contributed by atoms with E-state index >= 15 is 0 Å². The minimum Gasteiger partial charge on any atom is -0.371 e. The molecule has 2 heterocycles. The Morgan fingerprint density at radius 1 is 1.48 bits per heavy atom. The Kier molecular flexibility index (Phi) is 4.97. The summed E-state index contributed by atoms with van der Waals surface area (Å²) < 4.78 is 5.81. The molecule has 0 unspecified atom stereocenters. The van der Waals surface area contributed by atoms with Crippen LogP contribution in [0, 0.1) is 11.3 Å². The van der Waals surface area contributed by atoms with Gasteiger partial charge in [-0.2, -0.15) is 0 Å². The van der Waals surface area contributed by atoms with Crippen molar-refractivity contribution in [2.75, 3.05) is 40.4 Å². The van der Waals surface area contributed by atoms with Crippen LogP contribution in [0.4, 0.5) is 0 Å². The van der Waals surface area contributed by atoms with Gasteiger partial charge in [0.15, 0.2) is 0 Å². The zero-order valence-corrected chi connectivity index (χ0v) is 14.2. The molecule has 0 N–H and O–H groups in total. The van der Waals surface area contributed by atoms with Crippen LogP contribution in [0.25, 0.3) is 0 Å². The smallest absolute Gasteiger partial charge is 0.248 e. The van der Waals surface area contributed by atoms with Crippen molar-refractivity contribution in [2.24, 2.45) is 11.3 Å². The predicted octanol–water partition coefficient (Wildman–Crippen LogP) is 1.79. The summed E-state index contributed by atoms with van der Waals surface area (Å²) in [5.41, 5.74) is 1.37. The Hall–Kier alpha value is -1.46. The summed E-state index contributed by atoms with van der Waals surface area (Å²) in [5.74, 6) is 0.736. The number of ether oxygens (including phenoxy) is 1. The number of likely N-dealkylation sites (tertiary alicyclic amines) is 1. The maximum absolute atomic E-state index is 11.7. The first-order chi connectivity index (χ1) is 11.1. The van der Waals surface area contributed by atoms with Gasteiger partial charge in [0, 0.05) is 45.3 Å². The first kappa shape index (κ1) is 16.4. The molecule has 3 rings (SSSR count). The number of amides is 1. The van der Waals surface area contributed by atoms with Gasteiger partial charge in [0.25, 0.3) is 0 Å². The molecule has 126 valence electrons. The van der Waals surface area contributed by atoms with Gasteiger partial charge in [-0.3, -0.25) is 14.7 Å². The Labute approximate surface area is 138 Å². The average Bonchev–Trinajstić information content (AvgIpc) is 3.04. The number of hydrogen-bond acceptors (Lipinski definition) is 4. The molecule has 1 saturated carbocycles. The van der Waals surface area contributed by atoms with E-state index in [4.69, 9.17) is 4.74 Å². The molecule has 0 aromatic carbocycles. The molecule has 5 nitrogen and oxygen atoms in total. The van der Waals surface area contributed by atoms with Gasteiger partial charge in [-0.15, -0.1) is 0 Å². The Bertz CT molecular complexity index is 534. The van der Waals surface area contributed by atoms with Crippen LogP contribution in [0.3, 0.4) is 0 Å². The molecule has 0 radical (unpaired) electrons. The summed E-state index contributed by atoms with van der Waals surface area (Å²) >= 11 is 0. The molecular formula is C18H27N3O2. The highest BCUT2D eigenvalue weighted by Gasteiger charge is 2.49. The maximum atomic E-state index is 11.7. The van der Waals surface area contributed by atoms with Gasteiger partial charge >= 0.3 is 0 Å². The van der Waals surface area contributed by atoms with Crippen molar-refractivity contribution in [2.45, 2.75) is 25.8 Å². The normalized spacial score (nSPS) is 27.1. The zero-order chi connectivity index (χ0) is 16.3. The molecule has 2 fully saturated rings. The molecule has 1 aromatic rings. The van der Waals surface area contributed by atoms with E-state index in [1.165, 1.54) is 19.3 Å². The number of hydrogen-bond donors (Lipinski definition) is 0. The monoisotopic (exact) mass is 317 g/mol. The van der Waals surface area contributed by atoms with Gasteiger partial charge in [-0.1, -0.05) is 12.5 Å². The molecule has 23 heavy (non-hydrogen) atoms. The molecular weight excluding hydrogens is 290 g/mol. The highest BCUT2D eigenvalue weighted by atomic mass is 16.5. The van der Waals surface area contributed by atoms with E-state index in [2.05, 4.69) is 16.0 Å². The van der Waals surface area contributed by atoms with Gasteiger partial charge in [0.05, 0.1) is 12.3 Å². The molecule has 2 aliphatic rings. The van der Waals surface area contributed by atoms with Crippen molar-refractivity contribution >= 4 is 5.91 Å². The summed E-state index contributed by atoms with van der Waals surface area (Å²) in [6.07, 6.45) is 5.64. The fourth-order valence-electron chi connectivity index (χ4n) is 4.07. The highest BCUT2D eigenvalue weighted by molar-refractivity contribution is 5.76. The van der Waals surface area contributed by atoms with E-state index in [1.807, 2.05) is 18.3 Å². The van der Waals surface area contributed by atoms with E-state index in [0.717, 1.165) is 25.3 Å². The SMILES string of the molecule is CN(C)C(=O)COC[C@]12CCC[C@H]1CN(Cc1ccccn1)C2. The quantitative estimate of drug-likeness (QED) is 0.802. The summed E-state index contributed by atoms with van der Waals surface area (Å²) in [4.78, 5) is 20.2. The number of rotatable bonds is 6. The van der Waals surface area contributed by atoms with Gasteiger partial charge in [-0.25, -0.2) is 0 Å². The molecule has 5 heteroatoms. The van der Waals surface area contributed by atoms with Gasteiger partial charge in [-0.05, 0) is 30.9 Å². The fraction of sp³-hybridized carbons (Fsp3) is 0.667. The lowest BCUT2D eigenvalue weighted by molar-refractivity contribution is -0.135. The second-order valence-electron chi connectivity index (χ2n) is 7.22. The topological polar surface area (TPSA) is 45.7 Å². The predicted molar refractivity (Wildman–Crippen MR) is 88.8 cm³/mol. The lowest BCUT2D eigenvalue weighted by atomic mass is 9.81. The van der Waals surface area contributed by atoms with E-state index < -0.39 is 0 Å². The number of aromatic nitrogens is 1. The summed E-state index contributed by atoms with van der Waals surface area (Å²) in [6.45, 7) is 4.00. The van der Waals surface area contributed by atoms with Crippen LogP contribution < -0.4 is 0 Å². The molecule has 1 saturated heterocycles. The van der Waals surface area contributed by atoms with Crippen LogP contribution >= 0.6 is 0 Å². The van der Waals surface area contributed by atoms with Gasteiger partial charge in [0.2, 0.25) is 5.91 Å². The molecule has 1 aliphatic carbocycles. The van der Waals surface area contributed by atoms with Crippen LogP contribution in [0.2, 0.25) is 0 Å². The van der Waals surface area contributed by atoms with Crippen LogP contribution in [0.1, 0.15) is 25.0 Å². The highest BCUT2D eigenvalue weighted by Crippen LogP contribution is 2.49. The van der Waals surface area contributed by atoms with Crippen molar-refractivity contribution < 1.29 is 9.53 Å². The third-order valence-corrected chi connectivity index (χ3v) is 5.34. The zero-order valence-electron chi connectivity index (χ0n) is 14.2. The number of nitrogens with zero attached hydrogens (tertiary/aromatic N) is 3. The second kappa shape index (κ2) is 6.97. The third kappa shape index (κ3) is 3.72. The Balaban J connectivity index is 1.56. The van der Waals surface area contributed by atoms with E-state index in [-0.39, 0.29) is 17.9 Å². The number of carbonyl (C=O) groups excluding carboxylic acids is 1. The fourth-order valence-corrected chi connectivity index (χ4v) is 4.07. The second-order valence-corrected chi connectivity index (χ2v) is 7.22. The average molecular weight is 317 g/mol. The van der Waals surface area contributed by atoms with Gasteiger partial charge < -0.3 is 9.64 Å². The minimum atomic E-state index is 0.0410. The number of pyridine rings is 1. The van der Waals surface area contributed by atoms with Crippen LogP contribution in [-0.2, 0) is 16.1 Å². The van der Waals surface area contributed by atoms with Crippen molar-refractivity contribution in [3.05, 3.63) is 30.1 Å². The van der Waals surface area contributed by atoms with Crippen LogP contribution in [-0.4, -0.2) is 61.1 Å². The lowest BCUT2D eigenvalue weighted by Crippen LogP contribution is -2.34. The molecule has 2 atom stereocenters. The van der Waals surface area contributed by atoms with Crippen molar-refractivity contribution in [1.82, 2.24) is 14.8 Å². The van der Waals surface area contributed by atoms with Crippen LogP contribution in [0.15, 0.2) is 24.4 Å². The largest absolute Gasteiger partial charge is 0.371 e. The molecule has 0 spiro atoms. The van der Waals surface area contributed by atoms with E-state index in [1.54, 1.807) is 19.0 Å². The first-order valence-corrected chi connectivity index (χ1v) is 8.49. The van der Waals surface area contributed by atoms with Crippen molar-refractivity contribution in [1.29, 1.82) is 0 Å². The lowest BCUT2D eigenvalue weighted by Gasteiger charge is -2.29. The van der Waals surface area contributed by atoms with E-state index in [0.29, 0.717) is 12.5 Å². The first-order valence-electron chi connectivity index (χ1n) is 8.49. The number of carbonyl (C=O) groups is 1.